The summed E-state index contributed by atoms with van der Waals surface area (Å²) in [6.07, 6.45) is -9.33. The lowest BCUT2D eigenvalue weighted by atomic mass is 9.72. The van der Waals surface area contributed by atoms with Gasteiger partial charge in [0.25, 0.3) is 0 Å². The molecule has 2 aromatic carbocycles. The lowest BCUT2D eigenvalue weighted by Gasteiger charge is -2.38. The first-order valence-electron chi connectivity index (χ1n) is 12.4. The predicted molar refractivity (Wildman–Crippen MR) is 150 cm³/mol. The van der Waals surface area contributed by atoms with Crippen LogP contribution >= 0.6 is 23.5 Å². The van der Waals surface area contributed by atoms with Gasteiger partial charge >= 0.3 is 12.4 Å². The van der Waals surface area contributed by atoms with Gasteiger partial charge in [0.2, 0.25) is 17.2 Å². The number of carbonyl (C=O) groups excluding carboxylic acids is 2. The van der Waals surface area contributed by atoms with Crippen molar-refractivity contribution in [3.05, 3.63) is 60.2 Å². The van der Waals surface area contributed by atoms with E-state index in [9.17, 15) is 46.1 Å². The molecule has 0 saturated heterocycles. The molecule has 20 heteroatoms. The standard InChI is InChI=1S/C25H22F6N8O4S2/c1-38-11-32-36-21(38)44-9-19(42)34-15-5-3-13(7-17(15)40)23(24(26,27)28,25(29,30)31)14-4-6-16(18(41)8-14)35-20(43)10-45-22-37-33-12-39(22)2/h3-8,11-12,40-41H,9-10H2,1-2H3,(H,34,42)(H,35,43). The van der Waals surface area contributed by atoms with E-state index < -0.39 is 63.6 Å². The van der Waals surface area contributed by atoms with Gasteiger partial charge in [-0.05, 0) is 35.4 Å². The summed E-state index contributed by atoms with van der Waals surface area (Å²) < 4.78 is 90.7. The van der Waals surface area contributed by atoms with E-state index in [2.05, 4.69) is 31.0 Å². The second-order valence-corrected chi connectivity index (χ2v) is 11.2. The van der Waals surface area contributed by atoms with E-state index in [1.54, 1.807) is 14.1 Å². The number of hydrogen-bond acceptors (Lipinski definition) is 10. The summed E-state index contributed by atoms with van der Waals surface area (Å²) in [5.41, 5.74) is -8.51. The molecule has 2 aromatic heterocycles. The molecular weight excluding hydrogens is 654 g/mol. The van der Waals surface area contributed by atoms with Crippen molar-refractivity contribution in [1.82, 2.24) is 29.5 Å². The normalized spacial score (nSPS) is 12.3. The fourth-order valence-corrected chi connectivity index (χ4v) is 5.54. The van der Waals surface area contributed by atoms with Crippen LogP contribution in [0.25, 0.3) is 0 Å². The Hall–Kier alpha value is -4.46. The van der Waals surface area contributed by atoms with Gasteiger partial charge in [-0.15, -0.1) is 20.4 Å². The molecule has 0 radical (unpaired) electrons. The average Bonchev–Trinajstić information content (AvgIpc) is 3.54. The van der Waals surface area contributed by atoms with Crippen molar-refractivity contribution in [2.24, 2.45) is 14.1 Å². The number of anilines is 2. The maximum atomic E-state index is 14.6. The first kappa shape index (κ1) is 33.4. The number of phenols is 2. The zero-order chi connectivity index (χ0) is 33.2. The van der Waals surface area contributed by atoms with Crippen molar-refractivity contribution in [2.75, 3.05) is 22.1 Å². The molecule has 0 aliphatic rings. The van der Waals surface area contributed by atoms with Crippen LogP contribution in [0, 0.1) is 0 Å². The zero-order valence-corrected chi connectivity index (χ0v) is 24.6. The highest BCUT2D eigenvalue weighted by molar-refractivity contribution is 8.00. The van der Waals surface area contributed by atoms with Crippen molar-refractivity contribution in [3.8, 4) is 11.5 Å². The van der Waals surface area contributed by atoms with Gasteiger partial charge in [-0.1, -0.05) is 35.7 Å². The van der Waals surface area contributed by atoms with Crippen LogP contribution in [0.3, 0.4) is 0 Å². The summed E-state index contributed by atoms with van der Waals surface area (Å²) in [4.78, 5) is 24.7. The molecule has 4 aromatic rings. The number of aryl methyl sites for hydroxylation is 2. The van der Waals surface area contributed by atoms with Gasteiger partial charge in [-0.2, -0.15) is 26.3 Å². The second kappa shape index (κ2) is 12.9. The number of amides is 2. The molecule has 240 valence electrons. The van der Waals surface area contributed by atoms with E-state index in [1.807, 2.05) is 0 Å². The Morgan fingerprint density at radius 3 is 1.40 bits per heavy atom. The Kier molecular flexibility index (Phi) is 9.57. The summed E-state index contributed by atoms with van der Waals surface area (Å²) in [6, 6.07) is 2.80. The molecule has 0 saturated carbocycles. The van der Waals surface area contributed by atoms with Crippen molar-refractivity contribution in [3.63, 3.8) is 0 Å². The molecule has 2 amide bonds. The number of aromatic nitrogens is 6. The fraction of sp³-hybridized carbons (Fsp3) is 0.280. The van der Waals surface area contributed by atoms with Crippen molar-refractivity contribution >= 4 is 46.7 Å². The quantitative estimate of drug-likeness (QED) is 0.109. The number of aromatic hydroxyl groups is 2. The lowest BCUT2D eigenvalue weighted by Crippen LogP contribution is -2.54. The topological polar surface area (TPSA) is 160 Å². The molecule has 4 N–H and O–H groups in total. The number of hydrogen-bond donors (Lipinski definition) is 4. The molecular formula is C25H22F6N8O4S2. The first-order chi connectivity index (χ1) is 21.0. The number of benzene rings is 2. The smallest absolute Gasteiger partial charge is 0.411 e. The van der Waals surface area contributed by atoms with Crippen molar-refractivity contribution in [2.45, 2.75) is 28.1 Å². The van der Waals surface area contributed by atoms with Crippen LogP contribution < -0.4 is 10.6 Å². The van der Waals surface area contributed by atoms with E-state index in [1.165, 1.54) is 21.8 Å². The third-order valence-corrected chi connectivity index (χ3v) is 8.33. The maximum Gasteiger partial charge on any atom is 0.411 e. The third-order valence-electron chi connectivity index (χ3n) is 6.26. The summed E-state index contributed by atoms with van der Waals surface area (Å²) in [5.74, 6) is -4.14. The van der Waals surface area contributed by atoms with Crippen LogP contribution in [-0.2, 0) is 29.1 Å². The highest BCUT2D eigenvalue weighted by Gasteiger charge is 2.72. The van der Waals surface area contributed by atoms with Gasteiger partial charge < -0.3 is 30.0 Å². The number of nitrogens with one attached hydrogen (secondary N) is 2. The molecule has 0 spiro atoms. The number of carbonyl (C=O) groups is 2. The molecule has 0 aliphatic carbocycles. The number of rotatable bonds is 10. The molecule has 2 heterocycles. The van der Waals surface area contributed by atoms with Crippen LogP contribution in [0.2, 0.25) is 0 Å². The highest BCUT2D eigenvalue weighted by Crippen LogP contribution is 2.57. The maximum absolute atomic E-state index is 14.6. The molecule has 0 bridgehead atoms. The predicted octanol–water partition coefficient (Wildman–Crippen LogP) is 4.23. The van der Waals surface area contributed by atoms with E-state index in [0.717, 1.165) is 23.5 Å². The van der Waals surface area contributed by atoms with Gasteiger partial charge in [-0.3, -0.25) is 9.59 Å². The Morgan fingerprint density at radius 2 is 1.11 bits per heavy atom. The van der Waals surface area contributed by atoms with Crippen LogP contribution in [0.15, 0.2) is 59.4 Å². The SMILES string of the molecule is Cn1cnnc1SCC(=O)Nc1ccc(C(c2ccc(NC(=O)CSc3nncn3C)c(O)c2)(C(F)(F)F)C(F)(F)F)cc1O. The van der Waals surface area contributed by atoms with Crippen LogP contribution in [0.5, 0.6) is 11.5 Å². The van der Waals surface area contributed by atoms with Gasteiger partial charge in [0.1, 0.15) is 24.2 Å². The average molecular weight is 677 g/mol. The number of halogens is 6. The Balaban J connectivity index is 1.62. The Bertz CT molecular complexity index is 1590. The lowest BCUT2D eigenvalue weighted by molar-refractivity contribution is -0.288. The van der Waals surface area contributed by atoms with Crippen LogP contribution in [0.4, 0.5) is 37.7 Å². The summed E-state index contributed by atoms with van der Waals surface area (Å²) >= 11 is 1.90. The van der Waals surface area contributed by atoms with Gasteiger partial charge in [-0.25, -0.2) is 0 Å². The van der Waals surface area contributed by atoms with E-state index in [4.69, 9.17) is 0 Å². The van der Waals surface area contributed by atoms with E-state index in [0.29, 0.717) is 34.6 Å². The highest BCUT2D eigenvalue weighted by atomic mass is 32.2. The molecule has 45 heavy (non-hydrogen) atoms. The Labute approximate surface area is 258 Å². The fourth-order valence-electron chi connectivity index (χ4n) is 4.16. The minimum Gasteiger partial charge on any atom is -0.506 e. The second-order valence-electron chi connectivity index (χ2n) is 9.33. The van der Waals surface area contributed by atoms with Gasteiger partial charge in [0.15, 0.2) is 10.3 Å². The molecule has 0 fully saturated rings. The van der Waals surface area contributed by atoms with Crippen molar-refractivity contribution in [1.29, 1.82) is 0 Å². The minimum absolute atomic E-state index is 0.239. The van der Waals surface area contributed by atoms with E-state index in [-0.39, 0.29) is 23.6 Å². The molecule has 0 unspecified atom stereocenters. The minimum atomic E-state index is -6.04. The summed E-state index contributed by atoms with van der Waals surface area (Å²) in [6.45, 7) is 0. The van der Waals surface area contributed by atoms with Gasteiger partial charge in [0.05, 0.1) is 22.9 Å². The van der Waals surface area contributed by atoms with E-state index >= 15 is 0 Å². The van der Waals surface area contributed by atoms with Gasteiger partial charge in [0, 0.05) is 14.1 Å². The first-order valence-corrected chi connectivity index (χ1v) is 14.4. The molecule has 0 aliphatic heterocycles. The number of alkyl halides is 6. The number of thioether (sulfide) groups is 2. The third kappa shape index (κ3) is 6.95. The van der Waals surface area contributed by atoms with Crippen LogP contribution in [0.1, 0.15) is 11.1 Å². The monoisotopic (exact) mass is 676 g/mol. The largest absolute Gasteiger partial charge is 0.506 e. The molecule has 0 atom stereocenters. The molecule has 12 nitrogen and oxygen atoms in total. The zero-order valence-electron chi connectivity index (χ0n) is 23.0. The number of nitrogens with zero attached hydrogens (tertiary/aromatic N) is 6. The van der Waals surface area contributed by atoms with Crippen molar-refractivity contribution < 1.29 is 46.1 Å². The summed E-state index contributed by atoms with van der Waals surface area (Å²) in [5, 5.41) is 40.8. The van der Waals surface area contributed by atoms with Crippen LogP contribution in [-0.4, -0.2) is 75.4 Å². The Morgan fingerprint density at radius 1 is 0.733 bits per heavy atom. The molecule has 4 rings (SSSR count). The number of phenolic OH excluding ortho intramolecular Hbond substituents is 2. The summed E-state index contributed by atoms with van der Waals surface area (Å²) in [7, 11) is 3.23.